The molecule has 26 rings (SSSR count). The summed E-state index contributed by atoms with van der Waals surface area (Å²) in [5.41, 5.74) is 29.4. The van der Waals surface area contributed by atoms with E-state index in [1.165, 1.54) is 84.5 Å². The summed E-state index contributed by atoms with van der Waals surface area (Å²) >= 11 is 17.2. The first-order valence-corrected chi connectivity index (χ1v) is 45.7. The van der Waals surface area contributed by atoms with E-state index >= 15 is 0 Å². The highest BCUT2D eigenvalue weighted by molar-refractivity contribution is 9.11. The molecule has 6 aromatic heterocycles. The second-order valence-corrected chi connectivity index (χ2v) is 36.0. The number of benzene rings is 19. The molecule has 0 aliphatic heterocycles. The normalized spacial score (nSPS) is 12.8. The van der Waals surface area contributed by atoms with Crippen LogP contribution in [0.3, 0.4) is 0 Å². The summed E-state index contributed by atoms with van der Waals surface area (Å²) in [4.78, 5) is 0. The van der Waals surface area contributed by atoms with E-state index in [0.29, 0.717) is 22.3 Å². The molecule has 0 bridgehead atoms. The van der Waals surface area contributed by atoms with Crippen molar-refractivity contribution < 1.29 is 38.8 Å². The monoisotopic (exact) mass is 1980 g/mol. The van der Waals surface area contributed by atoms with Crippen molar-refractivity contribution in [3.8, 4) is 89.0 Å². The van der Waals surface area contributed by atoms with Gasteiger partial charge < -0.3 is 26.5 Å². The zero-order valence-corrected chi connectivity index (χ0v) is 76.1. The van der Waals surface area contributed by atoms with Crippen molar-refractivity contribution in [3.05, 3.63) is 439 Å². The molecular formula is C117H73Br5O6. The van der Waals surface area contributed by atoms with Gasteiger partial charge in [-0.15, -0.1) is 0 Å². The lowest BCUT2D eigenvalue weighted by Gasteiger charge is -2.19. The molecule has 6 nitrogen and oxygen atoms in total. The molecule has 25 aromatic rings. The highest BCUT2D eigenvalue weighted by atomic mass is 79.9. The molecule has 19 aromatic carbocycles. The standard InChI is InChI=1S/C30H17BrO2.C26H17BrO.C24H15BrO.C19H13BrO.C18H11BrO/c31-21-12-9-18(10-13-21)25-15-20(17-29-30(25)24-6-2-4-8-27(24)33-29)19-11-14-23-22-5-1-3-7-26(22)32-28(23)16-19;27-20-11-9-17(10-12-20)21-13-14-22(19-8-6-16-5-7-18(16)15-19)26-25(21)23-3-1-2-4-24(23)28-26;25-19-12-10-17(11-13-19)21-14-18(16-6-2-1-3-7-16)15-23-24(21)20-8-4-5-9-22(20)26-23;1-12-10-16(13-6-8-14(20)9-7-13)19-15-4-2-3-5-17(15)21-18(19)11-12;19-13-10-8-12(9-11-13)14-5-3-7-17-18(14)15-4-1-2-6-16(15)20-17/h1-17H;1-4,6,8-15H,5,7H2;1-15H;2-11H,1H3;1-11H/i;;1D,2D,3D,6D,7D;;8D,9D,10D,11D. The van der Waals surface area contributed by atoms with Crippen molar-refractivity contribution in [3.63, 3.8) is 0 Å². The summed E-state index contributed by atoms with van der Waals surface area (Å²) in [7, 11) is 0. The van der Waals surface area contributed by atoms with Gasteiger partial charge in [-0.05, 0) is 272 Å². The van der Waals surface area contributed by atoms with Crippen LogP contribution in [-0.4, -0.2) is 0 Å². The minimum atomic E-state index is -0.406. The van der Waals surface area contributed by atoms with Gasteiger partial charge in [-0.3, -0.25) is 0 Å². The quantitative estimate of drug-likeness (QED) is 0.151. The summed E-state index contributed by atoms with van der Waals surface area (Å²) in [6, 6.07) is 115. The summed E-state index contributed by atoms with van der Waals surface area (Å²) in [5.74, 6) is 0. The molecule has 0 saturated heterocycles. The van der Waals surface area contributed by atoms with Crippen LogP contribution < -0.4 is 0 Å². The maximum Gasteiger partial charge on any atom is 0.143 e. The molecule has 128 heavy (non-hydrogen) atoms. The Balaban J connectivity index is 0.0000000999. The Morgan fingerprint density at radius 3 is 1.05 bits per heavy atom. The number of fused-ring (bicyclic) bond motifs is 19. The molecule has 6 heterocycles. The van der Waals surface area contributed by atoms with Gasteiger partial charge in [0.2, 0.25) is 0 Å². The second-order valence-electron chi connectivity index (χ2n) is 31.5. The third kappa shape index (κ3) is 15.5. The van der Waals surface area contributed by atoms with Crippen LogP contribution >= 0.6 is 79.6 Å². The van der Waals surface area contributed by atoms with E-state index in [1.807, 2.05) is 140 Å². The molecule has 0 amide bonds. The smallest absolute Gasteiger partial charge is 0.143 e. The van der Waals surface area contributed by atoms with E-state index in [4.69, 9.17) is 38.8 Å². The number of rotatable bonds is 8. The molecule has 612 valence electrons. The molecule has 0 spiro atoms. The van der Waals surface area contributed by atoms with Crippen molar-refractivity contribution in [2.75, 3.05) is 0 Å². The average molecular weight is 1980 g/mol. The van der Waals surface area contributed by atoms with Gasteiger partial charge in [0.1, 0.15) is 67.0 Å². The van der Waals surface area contributed by atoms with Crippen molar-refractivity contribution in [2.24, 2.45) is 0 Å². The number of para-hydroxylation sites is 6. The Morgan fingerprint density at radius 2 is 0.562 bits per heavy atom. The van der Waals surface area contributed by atoms with Crippen molar-refractivity contribution in [1.82, 2.24) is 0 Å². The van der Waals surface area contributed by atoms with Gasteiger partial charge in [-0.25, -0.2) is 0 Å². The van der Waals surface area contributed by atoms with Crippen molar-refractivity contribution in [2.45, 2.75) is 19.8 Å². The lowest BCUT2D eigenvalue weighted by Crippen LogP contribution is -2.07. The van der Waals surface area contributed by atoms with E-state index in [-0.39, 0.29) is 63.9 Å². The zero-order chi connectivity index (χ0) is 93.9. The van der Waals surface area contributed by atoms with Crippen molar-refractivity contribution in [1.29, 1.82) is 0 Å². The number of hydrogen-bond donors (Lipinski definition) is 0. The Bertz CT molecular complexity index is 9120. The molecule has 0 fully saturated rings. The number of halogens is 5. The van der Waals surface area contributed by atoms with Crippen LogP contribution in [0.5, 0.6) is 0 Å². The van der Waals surface area contributed by atoms with E-state index in [1.54, 1.807) is 12.1 Å². The largest absolute Gasteiger partial charge is 0.456 e. The topological polar surface area (TPSA) is 78.8 Å². The van der Waals surface area contributed by atoms with Crippen LogP contribution in [0.2, 0.25) is 0 Å². The van der Waals surface area contributed by atoms with Crippen LogP contribution in [0.15, 0.2) is 449 Å². The Hall–Kier alpha value is -13.6. The first kappa shape index (κ1) is 70.5. The summed E-state index contributed by atoms with van der Waals surface area (Å²) in [6.07, 6.45) is 2.39. The summed E-state index contributed by atoms with van der Waals surface area (Å²) in [6.45, 7) is 2.11. The molecule has 0 N–H and O–H groups in total. The SMILES string of the molecule is Brc1ccc(-c2cc(-c3ccc4c(c3)oc3ccccc34)cc3oc4ccccc4c23)cc1.Brc1ccc(-c2ccc(-c3ccc4c(c3)CC4)c3oc4ccccc4c23)cc1.Cc1cc(-c2ccc(Br)cc2)c2c(c1)oc1ccccc12.[2H]c1c([2H])c(-c2cccc3oc4ccccc4c23)c([2H])c([2H])c1Br.[2H]c1c([2H])c([2H])c(-c2cc(-c3ccc(Br)cc3)c3c(c2)oc2ccccc23)c([2H])c1[2H]. The minimum absolute atomic E-state index is 0.0688. The Kier molecular flexibility index (Phi) is 18.9. The van der Waals surface area contributed by atoms with Crippen LogP contribution in [0.1, 0.15) is 29.0 Å². The van der Waals surface area contributed by atoms with Crippen molar-refractivity contribution >= 4 is 211 Å². The van der Waals surface area contributed by atoms with Crippen LogP contribution in [0.4, 0.5) is 0 Å². The zero-order valence-electron chi connectivity index (χ0n) is 77.2. The molecule has 1 aliphatic carbocycles. The van der Waals surface area contributed by atoms with Gasteiger partial charge in [0.15, 0.2) is 0 Å². The molecule has 11 heteroatoms. The Morgan fingerprint density at radius 1 is 0.203 bits per heavy atom. The fraction of sp³-hybridized carbons (Fsp3) is 0.0256. The van der Waals surface area contributed by atoms with E-state index in [9.17, 15) is 0 Å². The lowest BCUT2D eigenvalue weighted by molar-refractivity contribution is 0.668. The highest BCUT2D eigenvalue weighted by Crippen LogP contribution is 2.48. The third-order valence-electron chi connectivity index (χ3n) is 23.7. The molecule has 1 aliphatic rings. The first-order valence-electron chi connectivity index (χ1n) is 46.2. The maximum atomic E-state index is 8.38. The van der Waals surface area contributed by atoms with Gasteiger partial charge >= 0.3 is 0 Å². The number of aryl methyl sites for hydroxylation is 3. The second kappa shape index (κ2) is 34.3. The molecule has 0 atom stereocenters. The maximum absolute atomic E-state index is 8.38. The van der Waals surface area contributed by atoms with Gasteiger partial charge in [0, 0.05) is 92.6 Å². The third-order valence-corrected chi connectivity index (χ3v) is 26.2. The fourth-order valence-corrected chi connectivity index (χ4v) is 18.8. The lowest BCUT2D eigenvalue weighted by atomic mass is 9.85. The minimum Gasteiger partial charge on any atom is -0.456 e. The molecule has 0 saturated carbocycles. The fourth-order valence-electron chi connectivity index (χ4n) is 17.6. The van der Waals surface area contributed by atoms with Gasteiger partial charge in [-0.2, -0.15) is 0 Å². The first-order chi connectivity index (χ1) is 66.6. The number of furan rings is 6. The van der Waals surface area contributed by atoms with Crippen LogP contribution in [-0.2, 0) is 12.8 Å². The van der Waals surface area contributed by atoms with E-state index < -0.39 is 6.04 Å². The van der Waals surface area contributed by atoms with E-state index in [0.717, 1.165) is 150 Å². The molecule has 0 radical (unpaired) electrons. The highest BCUT2D eigenvalue weighted by Gasteiger charge is 2.24. The van der Waals surface area contributed by atoms with Gasteiger partial charge in [-0.1, -0.05) is 328 Å². The van der Waals surface area contributed by atoms with Crippen LogP contribution in [0, 0.1) is 6.92 Å². The molecular weight excluding hydrogens is 1900 g/mol. The Labute approximate surface area is 791 Å². The predicted octanol–water partition coefficient (Wildman–Crippen LogP) is 37.4. The summed E-state index contributed by atoms with van der Waals surface area (Å²) in [5, 5.41) is 12.8. The molecule has 0 unspecified atom stereocenters. The predicted molar refractivity (Wildman–Crippen MR) is 550 cm³/mol. The van der Waals surface area contributed by atoms with Gasteiger partial charge in [0.05, 0.1) is 12.3 Å². The summed E-state index contributed by atoms with van der Waals surface area (Å²) < 4.78 is 115. The average Bonchev–Trinajstić information content (AvgIpc) is 1.64. The van der Waals surface area contributed by atoms with Gasteiger partial charge in [0.25, 0.3) is 0 Å². The van der Waals surface area contributed by atoms with E-state index in [2.05, 4.69) is 281 Å². The van der Waals surface area contributed by atoms with Crippen LogP contribution in [0.25, 0.3) is 221 Å². The number of hydrogen-bond acceptors (Lipinski definition) is 6.